The van der Waals surface area contributed by atoms with Crippen LogP contribution in [0.2, 0.25) is 10.0 Å². The maximum Gasteiger partial charge on any atom is 0.319 e. The van der Waals surface area contributed by atoms with Crippen molar-refractivity contribution in [2.45, 2.75) is 6.54 Å². The van der Waals surface area contributed by atoms with Gasteiger partial charge in [0, 0.05) is 11.4 Å². The molecule has 0 atom stereocenters. The molecule has 0 unspecified atom stereocenters. The number of halogens is 3. The SMILES string of the molecule is O=C(NCc1ccco1)Nc1ccc(NC(=O)c2cc(F)c(Cl)cc2Cl)cc1. The number of amides is 3. The molecule has 0 saturated carbocycles. The molecule has 6 nitrogen and oxygen atoms in total. The fourth-order valence-electron chi connectivity index (χ4n) is 2.29. The van der Waals surface area contributed by atoms with E-state index in [9.17, 15) is 14.0 Å². The number of hydrogen-bond donors (Lipinski definition) is 3. The van der Waals surface area contributed by atoms with Gasteiger partial charge in [0.15, 0.2) is 0 Å². The predicted molar refractivity (Wildman–Crippen MR) is 105 cm³/mol. The molecule has 0 saturated heterocycles. The molecule has 0 fully saturated rings. The van der Waals surface area contributed by atoms with Crippen LogP contribution in [0.15, 0.2) is 59.2 Å². The minimum Gasteiger partial charge on any atom is -0.467 e. The quantitative estimate of drug-likeness (QED) is 0.488. The van der Waals surface area contributed by atoms with Crippen molar-refractivity contribution in [3.63, 3.8) is 0 Å². The predicted octanol–water partition coefficient (Wildman–Crippen LogP) is 5.30. The van der Waals surface area contributed by atoms with Gasteiger partial charge in [-0.15, -0.1) is 0 Å². The van der Waals surface area contributed by atoms with E-state index in [2.05, 4.69) is 16.0 Å². The molecule has 0 aliphatic heterocycles. The van der Waals surface area contributed by atoms with E-state index >= 15 is 0 Å². The standard InChI is InChI=1S/C19H14Cl2FN3O3/c20-15-9-16(21)17(22)8-14(15)18(26)24-11-3-5-12(6-4-11)25-19(27)23-10-13-2-1-7-28-13/h1-9H,10H2,(H,24,26)(H2,23,25,27). The van der Waals surface area contributed by atoms with Gasteiger partial charge in [0.1, 0.15) is 11.6 Å². The lowest BCUT2D eigenvalue weighted by atomic mass is 10.2. The summed E-state index contributed by atoms with van der Waals surface area (Å²) in [6, 6.07) is 11.6. The van der Waals surface area contributed by atoms with Crippen LogP contribution in [0.3, 0.4) is 0 Å². The normalized spacial score (nSPS) is 10.4. The Morgan fingerprint density at radius 2 is 1.64 bits per heavy atom. The molecule has 0 aliphatic rings. The van der Waals surface area contributed by atoms with Crippen molar-refractivity contribution in [1.29, 1.82) is 0 Å². The second-order valence-corrected chi connectivity index (χ2v) is 6.48. The van der Waals surface area contributed by atoms with E-state index in [1.165, 1.54) is 12.3 Å². The highest BCUT2D eigenvalue weighted by Crippen LogP contribution is 2.25. The molecule has 9 heteroatoms. The van der Waals surface area contributed by atoms with Gasteiger partial charge in [-0.1, -0.05) is 23.2 Å². The highest BCUT2D eigenvalue weighted by atomic mass is 35.5. The van der Waals surface area contributed by atoms with E-state index in [0.29, 0.717) is 17.1 Å². The van der Waals surface area contributed by atoms with E-state index < -0.39 is 17.8 Å². The third kappa shape index (κ3) is 5.03. The van der Waals surface area contributed by atoms with Crippen LogP contribution >= 0.6 is 23.2 Å². The van der Waals surface area contributed by atoms with E-state index in [1.807, 2.05) is 0 Å². The fraction of sp³-hybridized carbons (Fsp3) is 0.0526. The number of carbonyl (C=O) groups is 2. The lowest BCUT2D eigenvalue weighted by Gasteiger charge is -2.10. The summed E-state index contributed by atoms with van der Waals surface area (Å²) < 4.78 is 18.7. The lowest BCUT2D eigenvalue weighted by Crippen LogP contribution is -2.27. The Hall–Kier alpha value is -3.03. The molecule has 0 bridgehead atoms. The second kappa shape index (κ2) is 8.77. The first-order chi connectivity index (χ1) is 13.4. The van der Waals surface area contributed by atoms with E-state index in [1.54, 1.807) is 36.4 Å². The Kier molecular flexibility index (Phi) is 6.18. The van der Waals surface area contributed by atoms with Crippen molar-refractivity contribution in [3.05, 3.63) is 82.0 Å². The van der Waals surface area contributed by atoms with Gasteiger partial charge in [-0.2, -0.15) is 0 Å². The topological polar surface area (TPSA) is 83.4 Å². The monoisotopic (exact) mass is 421 g/mol. The minimum absolute atomic E-state index is 0.0374. The molecule has 3 amide bonds. The zero-order valence-corrected chi connectivity index (χ0v) is 15.8. The van der Waals surface area contributed by atoms with Gasteiger partial charge in [-0.3, -0.25) is 4.79 Å². The molecule has 144 valence electrons. The molecular weight excluding hydrogens is 408 g/mol. The van der Waals surface area contributed by atoms with Crippen molar-refractivity contribution in [2.75, 3.05) is 10.6 Å². The Balaban J connectivity index is 1.57. The number of rotatable bonds is 5. The summed E-state index contributed by atoms with van der Waals surface area (Å²) in [4.78, 5) is 24.1. The molecular formula is C19H14Cl2FN3O3. The van der Waals surface area contributed by atoms with Gasteiger partial charge in [0.05, 0.1) is 28.4 Å². The van der Waals surface area contributed by atoms with Crippen molar-refractivity contribution >= 4 is 46.5 Å². The van der Waals surface area contributed by atoms with Gasteiger partial charge in [0.25, 0.3) is 5.91 Å². The van der Waals surface area contributed by atoms with Crippen LogP contribution in [0.25, 0.3) is 0 Å². The summed E-state index contributed by atoms with van der Waals surface area (Å²) in [6.45, 7) is 0.255. The molecule has 1 heterocycles. The Morgan fingerprint density at radius 1 is 0.964 bits per heavy atom. The number of hydrogen-bond acceptors (Lipinski definition) is 3. The minimum atomic E-state index is -0.740. The molecule has 1 aromatic heterocycles. The van der Waals surface area contributed by atoms with Crippen LogP contribution < -0.4 is 16.0 Å². The van der Waals surface area contributed by atoms with E-state index in [-0.39, 0.29) is 22.2 Å². The summed E-state index contributed by atoms with van der Waals surface area (Å²) >= 11 is 11.6. The van der Waals surface area contributed by atoms with Crippen LogP contribution in [-0.4, -0.2) is 11.9 Å². The summed E-state index contributed by atoms with van der Waals surface area (Å²) in [6.07, 6.45) is 1.52. The van der Waals surface area contributed by atoms with E-state index in [4.69, 9.17) is 27.6 Å². The lowest BCUT2D eigenvalue weighted by molar-refractivity contribution is 0.102. The number of benzene rings is 2. The number of carbonyl (C=O) groups excluding carboxylic acids is 2. The van der Waals surface area contributed by atoms with Gasteiger partial charge in [-0.05, 0) is 48.5 Å². The van der Waals surface area contributed by atoms with Crippen LogP contribution in [0.1, 0.15) is 16.1 Å². The smallest absolute Gasteiger partial charge is 0.319 e. The number of furan rings is 1. The average molecular weight is 422 g/mol. The van der Waals surface area contributed by atoms with Crippen LogP contribution in [0, 0.1) is 5.82 Å². The molecule has 0 aliphatic carbocycles. The molecule has 3 rings (SSSR count). The number of anilines is 2. The molecule has 0 spiro atoms. The van der Waals surface area contributed by atoms with Crippen molar-refractivity contribution in [3.8, 4) is 0 Å². The first-order valence-electron chi connectivity index (χ1n) is 8.05. The maximum absolute atomic E-state index is 13.6. The molecule has 2 aromatic carbocycles. The molecule has 28 heavy (non-hydrogen) atoms. The largest absolute Gasteiger partial charge is 0.467 e. The zero-order chi connectivity index (χ0) is 20.1. The third-order valence-electron chi connectivity index (χ3n) is 3.66. The number of urea groups is 1. The van der Waals surface area contributed by atoms with Gasteiger partial charge < -0.3 is 20.4 Å². The third-order valence-corrected chi connectivity index (χ3v) is 4.26. The highest BCUT2D eigenvalue weighted by molar-refractivity contribution is 6.37. The van der Waals surface area contributed by atoms with Crippen LogP contribution in [0.5, 0.6) is 0 Å². The zero-order valence-electron chi connectivity index (χ0n) is 14.3. The molecule has 3 N–H and O–H groups in total. The number of nitrogens with one attached hydrogen (secondary N) is 3. The summed E-state index contributed by atoms with van der Waals surface area (Å²) in [7, 11) is 0. The van der Waals surface area contributed by atoms with Crippen LogP contribution in [0.4, 0.5) is 20.6 Å². The maximum atomic E-state index is 13.6. The second-order valence-electron chi connectivity index (χ2n) is 5.66. The van der Waals surface area contributed by atoms with Crippen molar-refractivity contribution in [1.82, 2.24) is 5.32 Å². The van der Waals surface area contributed by atoms with Gasteiger partial charge >= 0.3 is 6.03 Å². The highest BCUT2D eigenvalue weighted by Gasteiger charge is 2.14. The van der Waals surface area contributed by atoms with Gasteiger partial charge in [-0.25, -0.2) is 9.18 Å². The summed E-state index contributed by atoms with van der Waals surface area (Å²) in [5, 5.41) is 7.76. The Labute approximate surface area is 169 Å². The fourth-order valence-corrected chi connectivity index (χ4v) is 2.76. The molecule has 3 aromatic rings. The van der Waals surface area contributed by atoms with Gasteiger partial charge in [0.2, 0.25) is 0 Å². The van der Waals surface area contributed by atoms with Crippen molar-refractivity contribution < 1.29 is 18.4 Å². The summed E-state index contributed by atoms with van der Waals surface area (Å²) in [5.74, 6) is -0.695. The van der Waals surface area contributed by atoms with Crippen LogP contribution in [-0.2, 0) is 6.54 Å². The van der Waals surface area contributed by atoms with E-state index in [0.717, 1.165) is 6.07 Å². The Morgan fingerprint density at radius 3 is 2.29 bits per heavy atom. The molecule has 0 radical (unpaired) electrons. The summed E-state index contributed by atoms with van der Waals surface area (Å²) in [5.41, 5.74) is 0.923. The average Bonchev–Trinajstić information content (AvgIpc) is 3.18. The Bertz CT molecular complexity index is 992. The first-order valence-corrected chi connectivity index (χ1v) is 8.81. The first kappa shape index (κ1) is 19.7. The van der Waals surface area contributed by atoms with Crippen molar-refractivity contribution in [2.24, 2.45) is 0 Å².